The maximum atomic E-state index is 10.3. The second-order valence-corrected chi connectivity index (χ2v) is 1.88. The van der Waals surface area contributed by atoms with Crippen LogP contribution in [0, 0.1) is 5.41 Å². The van der Waals surface area contributed by atoms with Crippen LogP contribution in [-0.4, -0.2) is 16.8 Å². The summed E-state index contributed by atoms with van der Waals surface area (Å²) in [5, 5.41) is 17.8. The quantitative estimate of drug-likeness (QED) is 0.284. The molecule has 4 nitrogen and oxygen atoms in total. The molecule has 1 amide bonds. The molecule has 0 aliphatic carbocycles. The van der Waals surface area contributed by atoms with Gasteiger partial charge in [0.1, 0.15) is 5.84 Å². The normalized spacial score (nSPS) is 10.8. The van der Waals surface area contributed by atoms with Crippen LogP contribution in [0.2, 0.25) is 0 Å². The van der Waals surface area contributed by atoms with Crippen molar-refractivity contribution < 1.29 is 9.90 Å². The van der Waals surface area contributed by atoms with Crippen LogP contribution < -0.4 is 5.32 Å². The van der Waals surface area contributed by atoms with E-state index in [1.165, 1.54) is 13.8 Å². The number of carbonyl (C=O) groups excluding carboxylic acids is 1. The summed E-state index contributed by atoms with van der Waals surface area (Å²) in [6.45, 7) is 2.73. The molecule has 0 atom stereocenters. The van der Waals surface area contributed by atoms with Crippen molar-refractivity contribution in [3.8, 4) is 0 Å². The highest BCUT2D eigenvalue weighted by atomic mass is 16.3. The zero-order valence-corrected chi connectivity index (χ0v) is 5.93. The summed E-state index contributed by atoms with van der Waals surface area (Å²) in [5.41, 5.74) is 0. The molecular formula is C6H10N2O2. The highest BCUT2D eigenvalue weighted by molar-refractivity contribution is 6.01. The molecule has 0 heterocycles. The smallest absolute Gasteiger partial charge is 0.222 e. The second kappa shape index (κ2) is 3.66. The molecule has 4 heteroatoms. The Morgan fingerprint density at radius 2 is 2.10 bits per heavy atom. The third-order valence-corrected chi connectivity index (χ3v) is 0.664. The lowest BCUT2D eigenvalue weighted by molar-refractivity contribution is -0.117. The average molecular weight is 142 g/mol. The third kappa shape index (κ3) is 4.83. The van der Waals surface area contributed by atoms with Crippen LogP contribution in [0.1, 0.15) is 13.8 Å². The number of carbonyl (C=O) groups is 1. The predicted octanol–water partition coefficient (Wildman–Crippen LogP) is 0.562. The molecule has 0 rings (SSSR count). The van der Waals surface area contributed by atoms with Gasteiger partial charge in [-0.1, -0.05) is 0 Å². The molecule has 0 bridgehead atoms. The van der Waals surface area contributed by atoms with Crippen molar-refractivity contribution in [1.29, 1.82) is 5.41 Å². The summed E-state index contributed by atoms with van der Waals surface area (Å²) in [6, 6.07) is 0. The van der Waals surface area contributed by atoms with E-state index in [1.807, 2.05) is 0 Å². The van der Waals surface area contributed by atoms with Crippen LogP contribution in [-0.2, 0) is 4.79 Å². The van der Waals surface area contributed by atoms with Crippen molar-refractivity contribution in [2.75, 3.05) is 0 Å². The molecule has 0 radical (unpaired) electrons. The minimum absolute atomic E-state index is 0.00116. The molecular weight excluding hydrogens is 132 g/mol. The molecule has 0 aliphatic heterocycles. The first-order valence-corrected chi connectivity index (χ1v) is 2.76. The van der Waals surface area contributed by atoms with E-state index < -0.39 is 0 Å². The van der Waals surface area contributed by atoms with Crippen molar-refractivity contribution in [2.24, 2.45) is 0 Å². The number of allylic oxidation sites excluding steroid dienone is 1. The van der Waals surface area contributed by atoms with E-state index in [1.54, 1.807) is 0 Å². The van der Waals surface area contributed by atoms with Gasteiger partial charge in [-0.3, -0.25) is 10.2 Å². The predicted molar refractivity (Wildman–Crippen MR) is 37.9 cm³/mol. The van der Waals surface area contributed by atoms with Gasteiger partial charge in [-0.25, -0.2) is 0 Å². The first-order chi connectivity index (χ1) is 4.52. The fourth-order valence-electron chi connectivity index (χ4n) is 0.435. The number of rotatable bonds is 1. The van der Waals surface area contributed by atoms with Crippen molar-refractivity contribution in [3.05, 3.63) is 11.8 Å². The van der Waals surface area contributed by atoms with Gasteiger partial charge in [-0.2, -0.15) is 0 Å². The summed E-state index contributed by atoms with van der Waals surface area (Å²) in [4.78, 5) is 10.3. The van der Waals surface area contributed by atoms with E-state index in [-0.39, 0.29) is 17.5 Å². The van der Waals surface area contributed by atoms with Gasteiger partial charge < -0.3 is 10.4 Å². The number of aliphatic hydroxyl groups is 1. The highest BCUT2D eigenvalue weighted by Crippen LogP contribution is 1.82. The minimum atomic E-state index is -0.317. The number of hydrogen-bond acceptors (Lipinski definition) is 3. The molecule has 0 aromatic heterocycles. The molecule has 0 aromatic carbocycles. The molecule has 0 spiro atoms. The standard InChI is InChI=1S/C6H10N2O2/c1-4(9)3-6(7)8-5(2)10/h3,9H,1-2H3,(H2,7,8,10)/b4-3-. The largest absolute Gasteiger partial charge is 0.512 e. The number of aliphatic hydroxyl groups excluding tert-OH is 1. The van der Waals surface area contributed by atoms with Crippen molar-refractivity contribution in [1.82, 2.24) is 5.32 Å². The summed E-state index contributed by atoms with van der Waals surface area (Å²) in [5.74, 6) is -0.422. The van der Waals surface area contributed by atoms with Crippen molar-refractivity contribution in [2.45, 2.75) is 13.8 Å². The molecule has 0 aromatic rings. The van der Waals surface area contributed by atoms with Gasteiger partial charge in [0.05, 0.1) is 5.76 Å². The highest BCUT2D eigenvalue weighted by Gasteiger charge is 1.93. The molecule has 0 fully saturated rings. The van der Waals surface area contributed by atoms with Crippen LogP contribution in [0.3, 0.4) is 0 Å². The fraction of sp³-hybridized carbons (Fsp3) is 0.333. The summed E-state index contributed by atoms with van der Waals surface area (Å²) in [7, 11) is 0. The Hall–Kier alpha value is -1.32. The van der Waals surface area contributed by atoms with E-state index in [2.05, 4.69) is 5.32 Å². The molecule has 0 saturated carbocycles. The Kier molecular flexibility index (Phi) is 3.17. The Morgan fingerprint density at radius 1 is 1.60 bits per heavy atom. The number of nitrogens with one attached hydrogen (secondary N) is 2. The van der Waals surface area contributed by atoms with E-state index in [9.17, 15) is 4.79 Å². The Labute approximate surface area is 59.1 Å². The first-order valence-electron chi connectivity index (χ1n) is 2.76. The SMILES string of the molecule is CC(=O)NC(=N)/C=C(/C)O. The summed E-state index contributed by atoms with van der Waals surface area (Å²) < 4.78 is 0. The lowest BCUT2D eigenvalue weighted by Crippen LogP contribution is -2.25. The van der Waals surface area contributed by atoms with Crippen LogP contribution in [0.5, 0.6) is 0 Å². The number of amides is 1. The topological polar surface area (TPSA) is 73.2 Å². The molecule has 10 heavy (non-hydrogen) atoms. The van der Waals surface area contributed by atoms with Crippen molar-refractivity contribution >= 4 is 11.7 Å². The van der Waals surface area contributed by atoms with Gasteiger partial charge >= 0.3 is 0 Å². The summed E-state index contributed by atoms with van der Waals surface area (Å²) >= 11 is 0. The first kappa shape index (κ1) is 8.68. The van der Waals surface area contributed by atoms with Gasteiger partial charge in [0.15, 0.2) is 0 Å². The molecule has 56 valence electrons. The lowest BCUT2D eigenvalue weighted by atomic mass is 10.4. The molecule has 0 saturated heterocycles. The van der Waals surface area contributed by atoms with E-state index in [4.69, 9.17) is 10.5 Å². The Balaban J connectivity index is 3.88. The third-order valence-electron chi connectivity index (χ3n) is 0.664. The van der Waals surface area contributed by atoms with Gasteiger partial charge in [0.2, 0.25) is 5.91 Å². The van der Waals surface area contributed by atoms with E-state index in [0.717, 1.165) is 6.08 Å². The second-order valence-electron chi connectivity index (χ2n) is 1.88. The maximum absolute atomic E-state index is 10.3. The van der Waals surface area contributed by atoms with Crippen molar-refractivity contribution in [3.63, 3.8) is 0 Å². The van der Waals surface area contributed by atoms with Gasteiger partial charge in [-0.05, 0) is 6.92 Å². The van der Waals surface area contributed by atoms with Crippen LogP contribution in [0.25, 0.3) is 0 Å². The lowest BCUT2D eigenvalue weighted by Gasteiger charge is -1.96. The van der Waals surface area contributed by atoms with Crippen LogP contribution in [0.15, 0.2) is 11.8 Å². The Bertz CT molecular complexity index is 180. The molecule has 0 unspecified atom stereocenters. The molecule has 0 aliphatic rings. The Morgan fingerprint density at radius 3 is 2.40 bits per heavy atom. The summed E-state index contributed by atoms with van der Waals surface area (Å²) in [6.07, 6.45) is 1.15. The number of hydrogen-bond donors (Lipinski definition) is 3. The van der Waals surface area contributed by atoms with Crippen LogP contribution >= 0.6 is 0 Å². The average Bonchev–Trinajstić information content (AvgIpc) is 1.58. The van der Waals surface area contributed by atoms with E-state index in [0.29, 0.717) is 0 Å². The zero-order valence-electron chi connectivity index (χ0n) is 5.93. The monoisotopic (exact) mass is 142 g/mol. The minimum Gasteiger partial charge on any atom is -0.512 e. The number of amidine groups is 1. The van der Waals surface area contributed by atoms with Gasteiger partial charge in [-0.15, -0.1) is 0 Å². The van der Waals surface area contributed by atoms with E-state index >= 15 is 0 Å². The molecule has 3 N–H and O–H groups in total. The zero-order chi connectivity index (χ0) is 8.15. The van der Waals surface area contributed by atoms with Gasteiger partial charge in [0.25, 0.3) is 0 Å². The fourth-order valence-corrected chi connectivity index (χ4v) is 0.435. The maximum Gasteiger partial charge on any atom is 0.222 e. The van der Waals surface area contributed by atoms with Crippen LogP contribution in [0.4, 0.5) is 0 Å². The van der Waals surface area contributed by atoms with Gasteiger partial charge in [0, 0.05) is 13.0 Å².